The molecule has 1 fully saturated rings. The Labute approximate surface area is 133 Å². The van der Waals surface area contributed by atoms with E-state index >= 15 is 0 Å². The van der Waals surface area contributed by atoms with Gasteiger partial charge in [0.2, 0.25) is 0 Å². The van der Waals surface area contributed by atoms with E-state index in [1.807, 2.05) is 13.2 Å². The van der Waals surface area contributed by atoms with Gasteiger partial charge in [-0.2, -0.15) is 5.10 Å². The Bertz CT molecular complexity index is 414. The van der Waals surface area contributed by atoms with Crippen molar-refractivity contribution in [2.75, 3.05) is 30.8 Å². The molecule has 2 rings (SSSR count). The average Bonchev–Trinajstić information content (AvgIpc) is 2.80. The summed E-state index contributed by atoms with van der Waals surface area (Å²) in [6.07, 6.45) is 3.98. The van der Waals surface area contributed by atoms with Crippen molar-refractivity contribution in [3.8, 4) is 0 Å². The predicted octanol–water partition coefficient (Wildman–Crippen LogP) is 1.90. The van der Waals surface area contributed by atoms with E-state index in [0.29, 0.717) is 17.8 Å². The first-order valence-electron chi connectivity index (χ1n) is 6.64. The van der Waals surface area contributed by atoms with Crippen LogP contribution in [0.25, 0.3) is 0 Å². The molecule has 5 nitrogen and oxygen atoms in total. The molecule has 1 aliphatic heterocycles. The summed E-state index contributed by atoms with van der Waals surface area (Å²) in [5.41, 5.74) is 8.30. The molecule has 1 aromatic rings. The van der Waals surface area contributed by atoms with Crippen molar-refractivity contribution in [3.05, 3.63) is 11.8 Å². The first-order chi connectivity index (χ1) is 8.61. The van der Waals surface area contributed by atoms with Crippen molar-refractivity contribution in [1.82, 2.24) is 15.5 Å². The van der Waals surface area contributed by atoms with Crippen LogP contribution in [0.4, 0.5) is 11.5 Å². The summed E-state index contributed by atoms with van der Waals surface area (Å²) in [5.74, 6) is 1.15. The van der Waals surface area contributed by atoms with Crippen LogP contribution in [0, 0.1) is 5.92 Å². The predicted molar refractivity (Wildman–Crippen MR) is 89.2 cm³/mol. The van der Waals surface area contributed by atoms with E-state index in [9.17, 15) is 0 Å². The van der Waals surface area contributed by atoms with Gasteiger partial charge in [-0.3, -0.25) is 0 Å². The quantitative estimate of drug-likeness (QED) is 0.886. The van der Waals surface area contributed by atoms with Gasteiger partial charge < -0.3 is 16.0 Å². The largest absolute Gasteiger partial charge is 0.382 e. The molecule has 7 heteroatoms. The summed E-state index contributed by atoms with van der Waals surface area (Å²) in [7, 11) is 2.02. The fourth-order valence-corrected chi connectivity index (χ4v) is 2.52. The zero-order chi connectivity index (χ0) is 13.1. The highest BCUT2D eigenvalue weighted by atomic mass is 35.5. The summed E-state index contributed by atoms with van der Waals surface area (Å²) < 4.78 is 0. The molecular weight excluding hydrogens is 297 g/mol. The van der Waals surface area contributed by atoms with Crippen LogP contribution in [0.1, 0.15) is 25.8 Å². The fraction of sp³-hybridized carbons (Fsp3) is 0.692. The zero-order valence-corrected chi connectivity index (χ0v) is 13.9. The van der Waals surface area contributed by atoms with E-state index < -0.39 is 0 Å². The zero-order valence-electron chi connectivity index (χ0n) is 12.3. The number of likely N-dealkylation sites (N-methyl/N-ethyl adjacent to an activating group) is 1. The second-order valence-electron chi connectivity index (χ2n) is 5.41. The third-order valence-electron chi connectivity index (χ3n) is 3.51. The van der Waals surface area contributed by atoms with Crippen molar-refractivity contribution < 1.29 is 0 Å². The lowest BCUT2D eigenvalue weighted by molar-refractivity contribution is 0.615. The van der Waals surface area contributed by atoms with Crippen LogP contribution in [-0.4, -0.2) is 36.4 Å². The smallest absolute Gasteiger partial charge is 0.151 e. The Kier molecular flexibility index (Phi) is 8.16. The number of rotatable bonds is 4. The summed E-state index contributed by atoms with van der Waals surface area (Å²) in [6, 6.07) is 0.561. The number of nitrogens with two attached hydrogens (primary N) is 1. The Balaban J connectivity index is 0.00000180. The monoisotopic (exact) mass is 321 g/mol. The Hall–Kier alpha value is -0.780. The van der Waals surface area contributed by atoms with E-state index in [-0.39, 0.29) is 24.8 Å². The summed E-state index contributed by atoms with van der Waals surface area (Å²) >= 11 is 0. The molecule has 0 spiro atoms. The standard InChI is InChI=1S/C13H23N5.2ClH/c1-9(2)6-11-12(7-16-17-13(11)14)18-5-4-10(8-18)15-3;;/h7,9-10,15H,4-6,8H2,1-3H3,(H2,14,17);2*1H. The SMILES string of the molecule is CNC1CCN(c2cnnc(N)c2CC(C)C)C1.Cl.Cl. The van der Waals surface area contributed by atoms with Gasteiger partial charge >= 0.3 is 0 Å². The van der Waals surface area contributed by atoms with Crippen LogP contribution < -0.4 is 16.0 Å². The maximum absolute atomic E-state index is 5.99. The topological polar surface area (TPSA) is 67.1 Å². The minimum absolute atomic E-state index is 0. The summed E-state index contributed by atoms with van der Waals surface area (Å²) in [5, 5.41) is 11.3. The Morgan fingerprint density at radius 2 is 2.15 bits per heavy atom. The van der Waals surface area contributed by atoms with Gasteiger partial charge in [-0.05, 0) is 25.8 Å². The second-order valence-corrected chi connectivity index (χ2v) is 5.41. The number of nitrogens with zero attached hydrogens (tertiary/aromatic N) is 3. The van der Waals surface area contributed by atoms with E-state index in [4.69, 9.17) is 5.73 Å². The lowest BCUT2D eigenvalue weighted by atomic mass is 10.0. The van der Waals surface area contributed by atoms with Gasteiger partial charge in [-0.1, -0.05) is 13.8 Å². The van der Waals surface area contributed by atoms with Gasteiger partial charge in [0, 0.05) is 24.7 Å². The van der Waals surface area contributed by atoms with Crippen molar-refractivity contribution in [3.63, 3.8) is 0 Å². The Morgan fingerprint density at radius 1 is 1.45 bits per heavy atom. The number of anilines is 2. The lowest BCUT2D eigenvalue weighted by Crippen LogP contribution is -2.30. The van der Waals surface area contributed by atoms with Gasteiger partial charge in [0.25, 0.3) is 0 Å². The van der Waals surface area contributed by atoms with Crippen LogP contribution in [0.3, 0.4) is 0 Å². The van der Waals surface area contributed by atoms with Crippen LogP contribution in [0.5, 0.6) is 0 Å². The minimum Gasteiger partial charge on any atom is -0.382 e. The highest BCUT2D eigenvalue weighted by Crippen LogP contribution is 2.28. The molecule has 1 unspecified atom stereocenters. The van der Waals surface area contributed by atoms with Crippen LogP contribution in [-0.2, 0) is 6.42 Å². The molecule has 1 aromatic heterocycles. The Morgan fingerprint density at radius 3 is 2.70 bits per heavy atom. The van der Waals surface area contributed by atoms with Crippen LogP contribution in [0.2, 0.25) is 0 Å². The molecule has 0 aliphatic carbocycles. The average molecular weight is 322 g/mol. The maximum Gasteiger partial charge on any atom is 0.151 e. The highest BCUT2D eigenvalue weighted by Gasteiger charge is 2.24. The van der Waals surface area contributed by atoms with Crippen molar-refractivity contribution in [2.24, 2.45) is 5.92 Å². The molecule has 2 heterocycles. The van der Waals surface area contributed by atoms with Gasteiger partial charge in [-0.15, -0.1) is 29.9 Å². The van der Waals surface area contributed by atoms with E-state index in [0.717, 1.165) is 30.8 Å². The molecular formula is C13H25Cl2N5. The van der Waals surface area contributed by atoms with Gasteiger partial charge in [0.1, 0.15) is 0 Å². The van der Waals surface area contributed by atoms with Crippen LogP contribution >= 0.6 is 24.8 Å². The minimum atomic E-state index is 0. The lowest BCUT2D eigenvalue weighted by Gasteiger charge is -2.22. The highest BCUT2D eigenvalue weighted by molar-refractivity contribution is 5.85. The third-order valence-corrected chi connectivity index (χ3v) is 3.51. The molecule has 0 bridgehead atoms. The molecule has 3 N–H and O–H groups in total. The first-order valence-corrected chi connectivity index (χ1v) is 6.64. The summed E-state index contributed by atoms with van der Waals surface area (Å²) in [4.78, 5) is 2.37. The van der Waals surface area contributed by atoms with Crippen molar-refractivity contribution in [1.29, 1.82) is 0 Å². The molecule has 0 saturated carbocycles. The molecule has 0 radical (unpaired) electrons. The normalized spacial score (nSPS) is 17.8. The van der Waals surface area contributed by atoms with Crippen molar-refractivity contribution >= 4 is 36.3 Å². The van der Waals surface area contributed by atoms with Crippen molar-refractivity contribution in [2.45, 2.75) is 32.7 Å². The van der Waals surface area contributed by atoms with E-state index in [1.165, 1.54) is 6.42 Å². The number of hydrogen-bond acceptors (Lipinski definition) is 5. The second kappa shape index (κ2) is 8.49. The molecule has 0 amide bonds. The van der Waals surface area contributed by atoms with E-state index in [1.54, 1.807) is 0 Å². The fourth-order valence-electron chi connectivity index (χ4n) is 2.52. The number of nitrogens with one attached hydrogen (secondary N) is 1. The van der Waals surface area contributed by atoms with Gasteiger partial charge in [-0.25, -0.2) is 0 Å². The number of halogens is 2. The molecule has 1 atom stereocenters. The third kappa shape index (κ3) is 4.36. The number of aromatic nitrogens is 2. The molecule has 1 saturated heterocycles. The van der Waals surface area contributed by atoms with Crippen LogP contribution in [0.15, 0.2) is 6.20 Å². The van der Waals surface area contributed by atoms with Gasteiger partial charge in [0.05, 0.1) is 11.9 Å². The molecule has 0 aromatic carbocycles. The molecule has 116 valence electrons. The summed E-state index contributed by atoms with van der Waals surface area (Å²) in [6.45, 7) is 6.47. The van der Waals surface area contributed by atoms with Gasteiger partial charge in [0.15, 0.2) is 5.82 Å². The number of hydrogen-bond donors (Lipinski definition) is 2. The molecule has 1 aliphatic rings. The first kappa shape index (κ1) is 19.2. The maximum atomic E-state index is 5.99. The van der Waals surface area contributed by atoms with E-state index in [2.05, 4.69) is 34.3 Å². The number of nitrogen functional groups attached to an aromatic ring is 1. The molecule has 20 heavy (non-hydrogen) atoms.